The summed E-state index contributed by atoms with van der Waals surface area (Å²) in [7, 11) is 0. The third-order valence-electron chi connectivity index (χ3n) is 3.88. The van der Waals surface area contributed by atoms with Crippen LogP contribution in [0.25, 0.3) is 0 Å². The molecule has 20 heavy (non-hydrogen) atoms. The lowest BCUT2D eigenvalue weighted by atomic mass is 10.0. The van der Waals surface area contributed by atoms with Gasteiger partial charge in [-0.2, -0.15) is 0 Å². The van der Waals surface area contributed by atoms with Crippen molar-refractivity contribution in [2.75, 3.05) is 13.1 Å². The summed E-state index contributed by atoms with van der Waals surface area (Å²) in [4.78, 5) is 8.15. The maximum atomic E-state index is 4.19. The van der Waals surface area contributed by atoms with Crippen LogP contribution in [-0.2, 0) is 13.0 Å². The molecule has 4 heteroatoms. The predicted molar refractivity (Wildman–Crippen MR) is 83.9 cm³/mol. The first kappa shape index (κ1) is 13.7. The number of nitrogens with one attached hydrogen (secondary N) is 1. The first-order chi connectivity index (χ1) is 9.81. The summed E-state index contributed by atoms with van der Waals surface area (Å²) in [6.45, 7) is 5.46. The highest BCUT2D eigenvalue weighted by molar-refractivity contribution is 7.09. The number of hydrogen-bond donors (Lipinski definition) is 1. The zero-order chi connectivity index (χ0) is 13.8. The Labute approximate surface area is 124 Å². The first-order valence-electron chi connectivity index (χ1n) is 7.20. The summed E-state index contributed by atoms with van der Waals surface area (Å²) in [5.74, 6) is 0. The fourth-order valence-corrected chi connectivity index (χ4v) is 3.45. The highest BCUT2D eigenvalue weighted by Gasteiger charge is 2.26. The topological polar surface area (TPSA) is 28.2 Å². The van der Waals surface area contributed by atoms with Gasteiger partial charge in [0.2, 0.25) is 0 Å². The van der Waals surface area contributed by atoms with Crippen LogP contribution in [0.15, 0.2) is 42.0 Å². The van der Waals surface area contributed by atoms with Gasteiger partial charge in [-0.25, -0.2) is 0 Å². The summed E-state index contributed by atoms with van der Waals surface area (Å²) in [6, 6.07) is 11.9. The van der Waals surface area contributed by atoms with E-state index in [4.69, 9.17) is 0 Å². The predicted octanol–water partition coefficient (Wildman–Crippen LogP) is 2.55. The van der Waals surface area contributed by atoms with Crippen molar-refractivity contribution < 1.29 is 0 Å². The van der Waals surface area contributed by atoms with Crippen LogP contribution in [-0.4, -0.2) is 35.1 Å². The van der Waals surface area contributed by atoms with E-state index in [9.17, 15) is 0 Å². The Morgan fingerprint density at radius 3 is 2.95 bits per heavy atom. The molecule has 2 unspecified atom stereocenters. The lowest BCUT2D eigenvalue weighted by molar-refractivity contribution is 0.128. The maximum Gasteiger partial charge on any atom is 0.0794 e. The van der Waals surface area contributed by atoms with Gasteiger partial charge in [0.05, 0.1) is 5.51 Å². The minimum Gasteiger partial charge on any atom is -0.311 e. The number of nitrogens with zero attached hydrogens (tertiary/aromatic N) is 2. The number of thiazole rings is 1. The van der Waals surface area contributed by atoms with Crippen molar-refractivity contribution in [3.8, 4) is 0 Å². The normalized spacial score (nSPS) is 23.9. The van der Waals surface area contributed by atoms with Gasteiger partial charge in [0.25, 0.3) is 0 Å². The van der Waals surface area contributed by atoms with E-state index in [1.54, 1.807) is 11.3 Å². The number of benzene rings is 1. The van der Waals surface area contributed by atoms with Crippen molar-refractivity contribution in [2.45, 2.75) is 32.0 Å². The summed E-state index contributed by atoms with van der Waals surface area (Å²) in [6.07, 6.45) is 3.11. The van der Waals surface area contributed by atoms with Crippen molar-refractivity contribution in [1.29, 1.82) is 0 Å². The Bertz CT molecular complexity index is 512. The zero-order valence-electron chi connectivity index (χ0n) is 11.8. The molecular formula is C16H21N3S. The van der Waals surface area contributed by atoms with Crippen molar-refractivity contribution in [3.63, 3.8) is 0 Å². The van der Waals surface area contributed by atoms with Crippen molar-refractivity contribution >= 4 is 11.3 Å². The monoisotopic (exact) mass is 287 g/mol. The molecule has 2 heterocycles. The van der Waals surface area contributed by atoms with E-state index in [1.165, 1.54) is 10.4 Å². The largest absolute Gasteiger partial charge is 0.311 e. The molecule has 0 saturated carbocycles. The summed E-state index contributed by atoms with van der Waals surface area (Å²) in [5.41, 5.74) is 3.34. The Hall–Kier alpha value is -1.23. The minimum absolute atomic E-state index is 0.565. The smallest absolute Gasteiger partial charge is 0.0794 e. The number of rotatable bonds is 4. The highest BCUT2D eigenvalue weighted by atomic mass is 32.1. The molecule has 3 nitrogen and oxygen atoms in total. The molecule has 1 aliphatic rings. The molecule has 1 aliphatic heterocycles. The third kappa shape index (κ3) is 3.45. The van der Waals surface area contributed by atoms with Crippen LogP contribution < -0.4 is 5.32 Å². The fraction of sp³-hybridized carbons (Fsp3) is 0.438. The molecule has 2 atom stereocenters. The van der Waals surface area contributed by atoms with Gasteiger partial charge in [0.1, 0.15) is 0 Å². The van der Waals surface area contributed by atoms with Gasteiger partial charge in [-0.15, -0.1) is 11.3 Å². The lowest BCUT2D eigenvalue weighted by Crippen LogP contribution is -2.55. The van der Waals surface area contributed by atoms with E-state index in [2.05, 4.69) is 52.5 Å². The Morgan fingerprint density at radius 2 is 2.20 bits per heavy atom. The molecule has 0 amide bonds. The molecule has 3 rings (SSSR count). The maximum absolute atomic E-state index is 4.19. The second-order valence-electron chi connectivity index (χ2n) is 5.55. The van der Waals surface area contributed by atoms with Gasteiger partial charge in [-0.05, 0) is 18.9 Å². The number of hydrogen-bond acceptors (Lipinski definition) is 4. The second kappa shape index (κ2) is 6.48. The van der Waals surface area contributed by atoms with Gasteiger partial charge < -0.3 is 5.32 Å². The number of piperazine rings is 1. The van der Waals surface area contributed by atoms with Crippen LogP contribution in [0, 0.1) is 0 Å². The van der Waals surface area contributed by atoms with E-state index in [-0.39, 0.29) is 0 Å². The lowest BCUT2D eigenvalue weighted by Gasteiger charge is -2.39. The van der Waals surface area contributed by atoms with Gasteiger partial charge in [-0.3, -0.25) is 9.88 Å². The quantitative estimate of drug-likeness (QED) is 0.936. The van der Waals surface area contributed by atoms with E-state index in [1.807, 2.05) is 11.7 Å². The molecule has 1 fully saturated rings. The number of aromatic nitrogens is 1. The standard InChI is InChI=1S/C16H21N3S/c1-13-10-19(11-16-9-17-12-20-16)15(8-18-13)7-14-5-3-2-4-6-14/h2-6,9,12-13,15,18H,7-8,10-11H2,1H3. The average Bonchev–Trinajstić information content (AvgIpc) is 2.96. The third-order valence-corrected chi connectivity index (χ3v) is 4.65. The fourth-order valence-electron chi connectivity index (χ4n) is 2.83. The van der Waals surface area contributed by atoms with E-state index < -0.39 is 0 Å². The molecule has 1 aromatic heterocycles. The van der Waals surface area contributed by atoms with Crippen LogP contribution in [0.5, 0.6) is 0 Å². The molecule has 106 valence electrons. The van der Waals surface area contributed by atoms with Crippen molar-refractivity contribution in [3.05, 3.63) is 52.5 Å². The van der Waals surface area contributed by atoms with E-state index in [0.717, 1.165) is 26.1 Å². The Balaban J connectivity index is 1.69. The van der Waals surface area contributed by atoms with E-state index in [0.29, 0.717) is 12.1 Å². The molecule has 0 aliphatic carbocycles. The second-order valence-corrected chi connectivity index (χ2v) is 6.52. The molecule has 0 spiro atoms. The molecule has 0 bridgehead atoms. The van der Waals surface area contributed by atoms with Crippen LogP contribution in [0.2, 0.25) is 0 Å². The van der Waals surface area contributed by atoms with Crippen LogP contribution in [0.1, 0.15) is 17.4 Å². The van der Waals surface area contributed by atoms with E-state index >= 15 is 0 Å². The highest BCUT2D eigenvalue weighted by Crippen LogP contribution is 2.18. The van der Waals surface area contributed by atoms with Crippen molar-refractivity contribution in [1.82, 2.24) is 15.2 Å². The Morgan fingerprint density at radius 1 is 1.35 bits per heavy atom. The SMILES string of the molecule is CC1CN(Cc2cncs2)C(Cc2ccccc2)CN1. The molecule has 2 aromatic rings. The van der Waals surface area contributed by atoms with Crippen molar-refractivity contribution in [2.24, 2.45) is 0 Å². The van der Waals surface area contributed by atoms with Gasteiger partial charge in [0.15, 0.2) is 0 Å². The summed E-state index contributed by atoms with van der Waals surface area (Å²) < 4.78 is 0. The molecule has 1 saturated heterocycles. The summed E-state index contributed by atoms with van der Waals surface area (Å²) in [5, 5.41) is 3.61. The Kier molecular flexibility index (Phi) is 4.45. The molecular weight excluding hydrogens is 266 g/mol. The van der Waals surface area contributed by atoms with Gasteiger partial charge >= 0.3 is 0 Å². The first-order valence-corrected chi connectivity index (χ1v) is 8.08. The minimum atomic E-state index is 0.565. The average molecular weight is 287 g/mol. The van der Waals surface area contributed by atoms with Gasteiger partial charge in [-0.1, -0.05) is 30.3 Å². The molecule has 1 N–H and O–H groups in total. The van der Waals surface area contributed by atoms with Crippen LogP contribution >= 0.6 is 11.3 Å². The van der Waals surface area contributed by atoms with Crippen LogP contribution in [0.4, 0.5) is 0 Å². The van der Waals surface area contributed by atoms with Crippen LogP contribution in [0.3, 0.4) is 0 Å². The summed E-state index contributed by atoms with van der Waals surface area (Å²) >= 11 is 1.75. The zero-order valence-corrected chi connectivity index (χ0v) is 12.6. The van der Waals surface area contributed by atoms with Gasteiger partial charge in [0, 0.05) is 42.8 Å². The molecule has 0 radical (unpaired) electrons. The molecule has 1 aromatic carbocycles.